The van der Waals surface area contributed by atoms with Gasteiger partial charge in [-0.25, -0.2) is 0 Å². The molecule has 17 heavy (non-hydrogen) atoms. The van der Waals surface area contributed by atoms with E-state index >= 15 is 0 Å². The SMILES string of the molecule is OCC1(NC[C@@H]2C[C@H]3C=C[C@@H]2C3)CCOCC1. The molecule has 2 fully saturated rings. The van der Waals surface area contributed by atoms with E-state index in [9.17, 15) is 5.11 Å². The second-order valence-corrected chi connectivity index (χ2v) is 5.97. The summed E-state index contributed by atoms with van der Waals surface area (Å²) in [6, 6.07) is 0. The van der Waals surface area contributed by atoms with Crippen LogP contribution in [0, 0.1) is 17.8 Å². The van der Waals surface area contributed by atoms with Crippen molar-refractivity contribution in [3.05, 3.63) is 12.2 Å². The van der Waals surface area contributed by atoms with Gasteiger partial charge in [0.15, 0.2) is 0 Å². The van der Waals surface area contributed by atoms with Gasteiger partial charge in [-0.15, -0.1) is 0 Å². The van der Waals surface area contributed by atoms with E-state index in [2.05, 4.69) is 17.5 Å². The zero-order valence-corrected chi connectivity index (χ0v) is 10.4. The van der Waals surface area contributed by atoms with Gasteiger partial charge < -0.3 is 15.2 Å². The molecule has 96 valence electrons. The van der Waals surface area contributed by atoms with Crippen molar-refractivity contribution in [2.24, 2.45) is 17.8 Å². The molecule has 1 saturated carbocycles. The van der Waals surface area contributed by atoms with E-state index in [1.54, 1.807) is 0 Å². The highest BCUT2D eigenvalue weighted by Gasteiger charge is 2.38. The second kappa shape index (κ2) is 4.71. The first-order chi connectivity index (χ1) is 8.31. The highest BCUT2D eigenvalue weighted by atomic mass is 16.5. The highest BCUT2D eigenvalue weighted by Crippen LogP contribution is 2.43. The molecule has 3 heteroatoms. The molecule has 1 saturated heterocycles. The second-order valence-electron chi connectivity index (χ2n) is 5.97. The Morgan fingerprint density at radius 3 is 2.65 bits per heavy atom. The summed E-state index contributed by atoms with van der Waals surface area (Å²) < 4.78 is 5.39. The Labute approximate surface area is 103 Å². The summed E-state index contributed by atoms with van der Waals surface area (Å²) in [5.41, 5.74) is -0.0657. The number of aliphatic hydroxyl groups is 1. The van der Waals surface area contributed by atoms with E-state index in [-0.39, 0.29) is 12.1 Å². The number of rotatable bonds is 4. The van der Waals surface area contributed by atoms with Gasteiger partial charge in [0.25, 0.3) is 0 Å². The van der Waals surface area contributed by atoms with Crippen molar-refractivity contribution in [3.63, 3.8) is 0 Å². The number of allylic oxidation sites excluding steroid dienone is 2. The minimum absolute atomic E-state index is 0.0657. The number of aliphatic hydroxyl groups excluding tert-OH is 1. The Kier molecular flexibility index (Phi) is 3.24. The Hall–Kier alpha value is -0.380. The minimum atomic E-state index is -0.0657. The fraction of sp³-hybridized carbons (Fsp3) is 0.857. The Balaban J connectivity index is 1.54. The summed E-state index contributed by atoms with van der Waals surface area (Å²) >= 11 is 0. The first kappa shape index (κ1) is 11.7. The lowest BCUT2D eigenvalue weighted by atomic mass is 9.88. The maximum absolute atomic E-state index is 9.62. The van der Waals surface area contributed by atoms with Gasteiger partial charge in [-0.05, 0) is 50.0 Å². The van der Waals surface area contributed by atoms with Crippen molar-refractivity contribution < 1.29 is 9.84 Å². The normalized spacial score (nSPS) is 38.8. The Bertz CT molecular complexity index is 297. The van der Waals surface area contributed by atoms with Gasteiger partial charge in [0.2, 0.25) is 0 Å². The fourth-order valence-corrected chi connectivity index (χ4v) is 3.63. The predicted octanol–water partition coefficient (Wildman–Crippen LogP) is 1.33. The standard InChI is InChI=1S/C14H23NO2/c16-10-14(3-5-17-6-4-14)15-9-13-8-11-1-2-12(13)7-11/h1-2,11-13,15-16H,3-10H2/t11-,12+,13-/m0/s1. The summed E-state index contributed by atoms with van der Waals surface area (Å²) in [7, 11) is 0. The third-order valence-corrected chi connectivity index (χ3v) is 4.91. The van der Waals surface area contributed by atoms with E-state index in [0.29, 0.717) is 0 Å². The summed E-state index contributed by atoms with van der Waals surface area (Å²) in [6.07, 6.45) is 9.38. The molecule has 2 N–H and O–H groups in total. The molecule has 0 unspecified atom stereocenters. The lowest BCUT2D eigenvalue weighted by Crippen LogP contribution is -2.53. The summed E-state index contributed by atoms with van der Waals surface area (Å²) in [6.45, 7) is 2.87. The molecule has 1 heterocycles. The van der Waals surface area contributed by atoms with Crippen LogP contribution in [-0.2, 0) is 4.74 Å². The van der Waals surface area contributed by atoms with Crippen molar-refractivity contribution in [2.45, 2.75) is 31.2 Å². The monoisotopic (exact) mass is 237 g/mol. The van der Waals surface area contributed by atoms with Crippen LogP contribution in [0.5, 0.6) is 0 Å². The average molecular weight is 237 g/mol. The van der Waals surface area contributed by atoms with Crippen LogP contribution in [0.2, 0.25) is 0 Å². The molecule has 2 aliphatic carbocycles. The van der Waals surface area contributed by atoms with Crippen LogP contribution in [0.3, 0.4) is 0 Å². The van der Waals surface area contributed by atoms with Gasteiger partial charge in [0.1, 0.15) is 0 Å². The zero-order chi connectivity index (χ0) is 11.7. The molecule has 3 nitrogen and oxygen atoms in total. The van der Waals surface area contributed by atoms with Gasteiger partial charge >= 0.3 is 0 Å². The molecule has 0 aromatic rings. The summed E-state index contributed by atoms with van der Waals surface area (Å²) in [4.78, 5) is 0. The molecule has 1 aliphatic heterocycles. The number of fused-ring (bicyclic) bond motifs is 2. The van der Waals surface area contributed by atoms with Crippen molar-refractivity contribution >= 4 is 0 Å². The van der Waals surface area contributed by atoms with Crippen LogP contribution in [-0.4, -0.2) is 37.0 Å². The first-order valence-corrected chi connectivity index (χ1v) is 6.93. The topological polar surface area (TPSA) is 41.5 Å². The number of hydrogen-bond acceptors (Lipinski definition) is 3. The quantitative estimate of drug-likeness (QED) is 0.725. The Morgan fingerprint density at radius 1 is 1.24 bits per heavy atom. The van der Waals surface area contributed by atoms with E-state index in [1.165, 1.54) is 12.8 Å². The number of nitrogens with one attached hydrogen (secondary N) is 1. The molecule has 3 rings (SSSR count). The molecule has 3 atom stereocenters. The maximum atomic E-state index is 9.62. The molecule has 0 radical (unpaired) electrons. The van der Waals surface area contributed by atoms with Crippen LogP contribution in [0.4, 0.5) is 0 Å². The van der Waals surface area contributed by atoms with Gasteiger partial charge in [-0.3, -0.25) is 0 Å². The molecule has 3 aliphatic rings. The molecule has 0 aromatic heterocycles. The highest BCUT2D eigenvalue weighted by molar-refractivity contribution is 5.10. The minimum Gasteiger partial charge on any atom is -0.394 e. The van der Waals surface area contributed by atoms with E-state index in [1.807, 2.05) is 0 Å². The van der Waals surface area contributed by atoms with Crippen LogP contribution < -0.4 is 5.32 Å². The average Bonchev–Trinajstić information content (AvgIpc) is 3.00. The van der Waals surface area contributed by atoms with Crippen LogP contribution in [0.1, 0.15) is 25.7 Å². The predicted molar refractivity (Wildman–Crippen MR) is 66.7 cm³/mol. The number of hydrogen-bond donors (Lipinski definition) is 2. The van der Waals surface area contributed by atoms with Gasteiger partial charge in [-0.1, -0.05) is 12.2 Å². The van der Waals surface area contributed by atoms with E-state index in [4.69, 9.17) is 4.74 Å². The molecule has 2 bridgehead atoms. The van der Waals surface area contributed by atoms with Crippen LogP contribution in [0.15, 0.2) is 12.2 Å². The first-order valence-electron chi connectivity index (χ1n) is 6.93. The fourth-order valence-electron chi connectivity index (χ4n) is 3.63. The maximum Gasteiger partial charge on any atom is 0.0615 e. The van der Waals surface area contributed by atoms with Crippen molar-refractivity contribution in [2.75, 3.05) is 26.4 Å². The third kappa shape index (κ3) is 2.28. The Morgan fingerprint density at radius 2 is 2.06 bits per heavy atom. The summed E-state index contributed by atoms with van der Waals surface area (Å²) in [5, 5.41) is 13.3. The van der Waals surface area contributed by atoms with Gasteiger partial charge in [0, 0.05) is 18.8 Å². The van der Waals surface area contributed by atoms with Crippen molar-refractivity contribution in [1.82, 2.24) is 5.32 Å². The molecular formula is C14H23NO2. The summed E-state index contributed by atoms with van der Waals surface area (Å²) in [5.74, 6) is 2.42. The van der Waals surface area contributed by atoms with Crippen molar-refractivity contribution in [1.29, 1.82) is 0 Å². The van der Waals surface area contributed by atoms with Crippen LogP contribution >= 0.6 is 0 Å². The third-order valence-electron chi connectivity index (χ3n) is 4.91. The molecule has 0 spiro atoms. The number of ether oxygens (including phenoxy) is 1. The molecule has 0 amide bonds. The van der Waals surface area contributed by atoms with Crippen molar-refractivity contribution in [3.8, 4) is 0 Å². The lowest BCUT2D eigenvalue weighted by Gasteiger charge is -2.38. The van der Waals surface area contributed by atoms with E-state index < -0.39 is 0 Å². The van der Waals surface area contributed by atoms with Gasteiger partial charge in [-0.2, -0.15) is 0 Å². The smallest absolute Gasteiger partial charge is 0.0615 e. The largest absolute Gasteiger partial charge is 0.394 e. The molecule has 0 aromatic carbocycles. The zero-order valence-electron chi connectivity index (χ0n) is 10.4. The molecular weight excluding hydrogens is 214 g/mol. The van der Waals surface area contributed by atoms with Gasteiger partial charge in [0.05, 0.1) is 6.61 Å². The van der Waals surface area contributed by atoms with E-state index in [0.717, 1.165) is 50.4 Å². The van der Waals surface area contributed by atoms with Crippen LogP contribution in [0.25, 0.3) is 0 Å². The lowest BCUT2D eigenvalue weighted by molar-refractivity contribution is 0.00988.